The first kappa shape index (κ1) is 15.9. The summed E-state index contributed by atoms with van der Waals surface area (Å²) in [6.45, 7) is 9.07. The Balaban J connectivity index is 4.29. The number of aliphatic hydroxyl groups is 1. The summed E-state index contributed by atoms with van der Waals surface area (Å²) in [6.07, 6.45) is -0.566. The lowest BCUT2D eigenvalue weighted by Crippen LogP contribution is -2.50. The van der Waals surface area contributed by atoms with Gasteiger partial charge in [-0.2, -0.15) is 0 Å². The molecule has 0 aliphatic rings. The molecule has 2 unspecified atom stereocenters. The van der Waals surface area contributed by atoms with E-state index in [0.717, 1.165) is 0 Å². The number of hydrogen-bond acceptors (Lipinski definition) is 3. The van der Waals surface area contributed by atoms with Crippen LogP contribution < -0.4 is 10.6 Å². The largest absolute Gasteiger partial charge is 0.391 e. The highest BCUT2D eigenvalue weighted by atomic mass is 16.3. The van der Waals surface area contributed by atoms with Crippen LogP contribution in [0.1, 0.15) is 34.6 Å². The van der Waals surface area contributed by atoms with Crippen LogP contribution in [0.5, 0.6) is 0 Å². The highest BCUT2D eigenvalue weighted by Gasteiger charge is 2.23. The lowest BCUT2D eigenvalue weighted by atomic mass is 10.0. The third kappa shape index (κ3) is 6.26. The summed E-state index contributed by atoms with van der Waals surface area (Å²) in [5, 5.41) is 14.8. The summed E-state index contributed by atoms with van der Waals surface area (Å²) in [5.74, 6) is -0.387. The van der Waals surface area contributed by atoms with Gasteiger partial charge in [-0.3, -0.25) is 9.59 Å². The summed E-state index contributed by atoms with van der Waals surface area (Å²) in [5.41, 5.74) is 0. The van der Waals surface area contributed by atoms with Gasteiger partial charge in [0, 0.05) is 13.5 Å². The predicted molar refractivity (Wildman–Crippen MR) is 66.3 cm³/mol. The van der Waals surface area contributed by atoms with Crippen LogP contribution in [0.25, 0.3) is 0 Å². The Morgan fingerprint density at radius 2 is 1.65 bits per heavy atom. The van der Waals surface area contributed by atoms with Crippen molar-refractivity contribution in [2.24, 2.45) is 11.8 Å². The van der Waals surface area contributed by atoms with E-state index in [9.17, 15) is 14.7 Å². The average molecular weight is 244 g/mol. The van der Waals surface area contributed by atoms with E-state index in [1.165, 1.54) is 6.92 Å². The Hall–Kier alpha value is -1.10. The van der Waals surface area contributed by atoms with Crippen LogP contribution in [0.15, 0.2) is 0 Å². The van der Waals surface area contributed by atoms with Crippen molar-refractivity contribution in [2.75, 3.05) is 6.54 Å². The van der Waals surface area contributed by atoms with Gasteiger partial charge in [0.1, 0.15) is 6.04 Å². The molecule has 2 amide bonds. The topological polar surface area (TPSA) is 78.4 Å². The first-order valence-electron chi connectivity index (χ1n) is 5.98. The van der Waals surface area contributed by atoms with Gasteiger partial charge >= 0.3 is 0 Å². The van der Waals surface area contributed by atoms with Crippen LogP contribution >= 0.6 is 0 Å². The normalized spacial score (nSPS) is 14.6. The number of amides is 2. The summed E-state index contributed by atoms with van der Waals surface area (Å²) in [4.78, 5) is 22.8. The maximum absolute atomic E-state index is 11.8. The minimum atomic E-state index is -0.566. The van der Waals surface area contributed by atoms with Gasteiger partial charge in [-0.15, -0.1) is 0 Å². The molecule has 0 heterocycles. The number of rotatable bonds is 6. The molecule has 0 radical (unpaired) electrons. The van der Waals surface area contributed by atoms with Crippen molar-refractivity contribution in [2.45, 2.75) is 46.8 Å². The fourth-order valence-corrected chi connectivity index (χ4v) is 1.30. The molecule has 100 valence electrons. The Morgan fingerprint density at radius 3 is 2.00 bits per heavy atom. The molecule has 0 saturated carbocycles. The zero-order valence-electron chi connectivity index (χ0n) is 11.3. The van der Waals surface area contributed by atoms with Crippen molar-refractivity contribution in [3.8, 4) is 0 Å². The second-order valence-electron chi connectivity index (χ2n) is 4.98. The molecular formula is C12H24N2O3. The van der Waals surface area contributed by atoms with E-state index >= 15 is 0 Å². The quantitative estimate of drug-likeness (QED) is 0.628. The van der Waals surface area contributed by atoms with E-state index in [0.29, 0.717) is 0 Å². The number of carbonyl (C=O) groups is 2. The van der Waals surface area contributed by atoms with Crippen molar-refractivity contribution in [3.05, 3.63) is 0 Å². The smallest absolute Gasteiger partial charge is 0.242 e. The molecule has 17 heavy (non-hydrogen) atoms. The molecule has 5 heteroatoms. The summed E-state index contributed by atoms with van der Waals surface area (Å²) >= 11 is 0. The molecular weight excluding hydrogens is 220 g/mol. The standard InChI is InChI=1S/C12H24N2O3/c1-7(2)10(16)6-13-12(17)11(8(3)4)14-9(5)15/h7-8,10-11,16H,6H2,1-5H3,(H,13,17)(H,14,15). The summed E-state index contributed by atoms with van der Waals surface area (Å²) < 4.78 is 0. The SMILES string of the molecule is CC(=O)NC(C(=O)NCC(O)C(C)C)C(C)C. The monoisotopic (exact) mass is 244 g/mol. The summed E-state index contributed by atoms with van der Waals surface area (Å²) in [6, 6.07) is -0.549. The van der Waals surface area contributed by atoms with Crippen LogP contribution in [0, 0.1) is 11.8 Å². The van der Waals surface area contributed by atoms with Gasteiger partial charge < -0.3 is 15.7 Å². The highest BCUT2D eigenvalue weighted by Crippen LogP contribution is 2.03. The van der Waals surface area contributed by atoms with E-state index in [1.54, 1.807) is 0 Å². The highest BCUT2D eigenvalue weighted by molar-refractivity contribution is 5.87. The van der Waals surface area contributed by atoms with Crippen molar-refractivity contribution >= 4 is 11.8 Å². The van der Waals surface area contributed by atoms with E-state index in [1.807, 2.05) is 27.7 Å². The van der Waals surface area contributed by atoms with Gasteiger partial charge in [0.05, 0.1) is 6.10 Å². The summed E-state index contributed by atoms with van der Waals surface area (Å²) in [7, 11) is 0. The number of nitrogens with one attached hydrogen (secondary N) is 2. The molecule has 0 saturated heterocycles. The first-order chi connectivity index (χ1) is 7.75. The van der Waals surface area contributed by atoms with Crippen LogP contribution in [-0.4, -0.2) is 35.6 Å². The molecule has 0 aromatic rings. The van der Waals surface area contributed by atoms with Gasteiger partial charge in [0.2, 0.25) is 11.8 Å². The van der Waals surface area contributed by atoms with Gasteiger partial charge in [-0.1, -0.05) is 27.7 Å². The molecule has 5 nitrogen and oxygen atoms in total. The zero-order valence-corrected chi connectivity index (χ0v) is 11.3. The molecule has 0 fully saturated rings. The molecule has 2 atom stereocenters. The molecule has 0 aromatic carbocycles. The maximum atomic E-state index is 11.8. The molecule has 0 bridgehead atoms. The zero-order chi connectivity index (χ0) is 13.6. The minimum Gasteiger partial charge on any atom is -0.391 e. The number of hydrogen-bond donors (Lipinski definition) is 3. The van der Waals surface area contributed by atoms with E-state index in [-0.39, 0.29) is 30.2 Å². The van der Waals surface area contributed by atoms with Crippen molar-refractivity contribution in [1.82, 2.24) is 10.6 Å². The van der Waals surface area contributed by atoms with Gasteiger partial charge in [0.25, 0.3) is 0 Å². The Labute approximate surface area is 103 Å². The fourth-order valence-electron chi connectivity index (χ4n) is 1.30. The lowest BCUT2D eigenvalue weighted by molar-refractivity contribution is -0.129. The molecule has 0 aliphatic carbocycles. The fraction of sp³-hybridized carbons (Fsp3) is 0.833. The average Bonchev–Trinajstić information content (AvgIpc) is 2.21. The predicted octanol–water partition coefficient (Wildman–Crippen LogP) is 0.280. The third-order valence-corrected chi connectivity index (χ3v) is 2.56. The van der Waals surface area contributed by atoms with E-state index < -0.39 is 12.1 Å². The Bertz CT molecular complexity index is 264. The lowest BCUT2D eigenvalue weighted by Gasteiger charge is -2.22. The van der Waals surface area contributed by atoms with Crippen molar-refractivity contribution in [3.63, 3.8) is 0 Å². The van der Waals surface area contributed by atoms with Gasteiger partial charge in [-0.05, 0) is 11.8 Å². The van der Waals surface area contributed by atoms with Crippen LogP contribution in [0.3, 0.4) is 0 Å². The van der Waals surface area contributed by atoms with Crippen molar-refractivity contribution in [1.29, 1.82) is 0 Å². The maximum Gasteiger partial charge on any atom is 0.242 e. The van der Waals surface area contributed by atoms with Crippen LogP contribution in [-0.2, 0) is 9.59 Å². The molecule has 0 rings (SSSR count). The number of carbonyl (C=O) groups excluding carboxylic acids is 2. The van der Waals surface area contributed by atoms with Crippen molar-refractivity contribution < 1.29 is 14.7 Å². The second kappa shape index (κ2) is 7.27. The molecule has 0 aliphatic heterocycles. The minimum absolute atomic E-state index is 0.00935. The number of aliphatic hydroxyl groups excluding tert-OH is 1. The third-order valence-electron chi connectivity index (χ3n) is 2.56. The second-order valence-corrected chi connectivity index (χ2v) is 4.98. The van der Waals surface area contributed by atoms with Crippen LogP contribution in [0.4, 0.5) is 0 Å². The first-order valence-corrected chi connectivity index (χ1v) is 5.98. The molecule has 3 N–H and O–H groups in total. The van der Waals surface area contributed by atoms with Gasteiger partial charge in [0.15, 0.2) is 0 Å². The Morgan fingerprint density at radius 1 is 1.12 bits per heavy atom. The van der Waals surface area contributed by atoms with E-state index in [4.69, 9.17) is 0 Å². The molecule has 0 spiro atoms. The Kier molecular flexibility index (Phi) is 6.80. The van der Waals surface area contributed by atoms with Gasteiger partial charge in [-0.25, -0.2) is 0 Å². The van der Waals surface area contributed by atoms with Crippen LogP contribution in [0.2, 0.25) is 0 Å². The molecule has 0 aromatic heterocycles. The van der Waals surface area contributed by atoms with E-state index in [2.05, 4.69) is 10.6 Å².